The number of benzene rings is 1. The Hall–Kier alpha value is -1.90. The first-order valence-corrected chi connectivity index (χ1v) is 9.11. The molecule has 0 aromatic heterocycles. The van der Waals surface area contributed by atoms with Crippen LogP contribution in [0.2, 0.25) is 0 Å². The number of aliphatic carboxylic acids is 1. The third-order valence-corrected chi connectivity index (χ3v) is 3.48. The van der Waals surface area contributed by atoms with Crippen molar-refractivity contribution in [3.05, 3.63) is 35.4 Å². The summed E-state index contributed by atoms with van der Waals surface area (Å²) >= 11 is 0. The molecule has 0 aliphatic heterocycles. The van der Waals surface area contributed by atoms with Gasteiger partial charge in [0.15, 0.2) is 0 Å². The van der Waals surface area contributed by atoms with E-state index in [4.69, 9.17) is 20.9 Å². The van der Waals surface area contributed by atoms with Crippen molar-refractivity contribution in [1.82, 2.24) is 0 Å². The molecule has 1 aromatic carbocycles. The molecule has 1 atom stereocenters. The summed E-state index contributed by atoms with van der Waals surface area (Å²) < 4.78 is 4.56. The van der Waals surface area contributed by atoms with Gasteiger partial charge in [-0.25, -0.2) is 0 Å². The fraction of sp³-hybridized carbons (Fsp3) is 0.579. The molecule has 0 spiro atoms. The van der Waals surface area contributed by atoms with Gasteiger partial charge in [0.05, 0.1) is 0 Å². The van der Waals surface area contributed by atoms with E-state index in [1.165, 1.54) is 24.8 Å². The Kier molecular flexibility index (Phi) is 11.6. The zero-order valence-corrected chi connectivity index (χ0v) is 16.6. The standard InChI is InChI=1S/C14H21NO2.C5H11BO4/c1-2-3-4-5-11-6-8-12(9-7-11)10-13(15)14(16)17;1-5(2,3)10-4(7)6(8)9/h6-9,13H,2-5,10,15H2,1H3,(H,16,17);8-9H,1-3H3. The fourth-order valence-electron chi connectivity index (χ4n) is 2.12. The van der Waals surface area contributed by atoms with Crippen LogP contribution in [0.4, 0.5) is 4.79 Å². The summed E-state index contributed by atoms with van der Waals surface area (Å²) in [6.45, 7) is 7.13. The SMILES string of the molecule is CC(C)(C)OC(=O)B(O)O.CCCCCc1ccc(CC(N)C(=O)O)cc1. The van der Waals surface area contributed by atoms with Crippen LogP contribution in [0.3, 0.4) is 0 Å². The first kappa shape index (κ1) is 25.1. The average molecular weight is 381 g/mol. The van der Waals surface area contributed by atoms with E-state index in [-0.39, 0.29) is 0 Å². The summed E-state index contributed by atoms with van der Waals surface area (Å²) in [5.74, 6) is -1.97. The zero-order chi connectivity index (χ0) is 21.0. The van der Waals surface area contributed by atoms with Gasteiger partial charge in [-0.3, -0.25) is 9.59 Å². The van der Waals surface area contributed by atoms with Gasteiger partial charge in [-0.2, -0.15) is 0 Å². The molecule has 0 bridgehead atoms. The van der Waals surface area contributed by atoms with Gasteiger partial charge in [0.1, 0.15) is 11.6 Å². The lowest BCUT2D eigenvalue weighted by atomic mass is 9.92. The highest BCUT2D eigenvalue weighted by molar-refractivity contribution is 6.76. The molecule has 0 aliphatic rings. The van der Waals surface area contributed by atoms with Crippen molar-refractivity contribution in [2.75, 3.05) is 0 Å². The third kappa shape index (κ3) is 13.0. The summed E-state index contributed by atoms with van der Waals surface area (Å²) in [7, 11) is -2.03. The molecule has 152 valence electrons. The molecule has 0 saturated carbocycles. The van der Waals surface area contributed by atoms with Crippen molar-refractivity contribution in [2.24, 2.45) is 5.73 Å². The maximum atomic E-state index is 10.6. The van der Waals surface area contributed by atoms with E-state index in [1.807, 2.05) is 12.1 Å². The second-order valence-electron chi connectivity index (χ2n) is 7.33. The molecule has 0 aliphatic carbocycles. The minimum absolute atomic E-state index is 0.393. The molecule has 1 rings (SSSR count). The number of ether oxygens (including phenoxy) is 1. The number of hydrogen-bond donors (Lipinski definition) is 4. The zero-order valence-electron chi connectivity index (χ0n) is 16.6. The molecule has 1 unspecified atom stereocenters. The van der Waals surface area contributed by atoms with Crippen molar-refractivity contribution in [3.63, 3.8) is 0 Å². The van der Waals surface area contributed by atoms with Crippen LogP contribution in [0.5, 0.6) is 0 Å². The number of carboxylic acids is 1. The number of rotatable bonds is 8. The molecule has 0 fully saturated rings. The van der Waals surface area contributed by atoms with Crippen molar-refractivity contribution in [1.29, 1.82) is 0 Å². The number of nitrogens with two attached hydrogens (primary N) is 1. The molecule has 0 radical (unpaired) electrons. The third-order valence-electron chi connectivity index (χ3n) is 3.48. The molecule has 5 N–H and O–H groups in total. The summed E-state index contributed by atoms with van der Waals surface area (Å²) in [6.07, 6.45) is 5.19. The molecule has 0 saturated heterocycles. The van der Waals surface area contributed by atoms with Crippen molar-refractivity contribution < 1.29 is 29.5 Å². The number of aryl methyl sites for hydroxylation is 1. The Morgan fingerprint density at radius 3 is 2.00 bits per heavy atom. The van der Waals surface area contributed by atoms with Crippen LogP contribution < -0.4 is 5.73 Å². The Balaban J connectivity index is 0.000000580. The quantitative estimate of drug-likeness (QED) is 0.402. The number of hydrogen-bond acceptors (Lipinski definition) is 6. The van der Waals surface area contributed by atoms with Gasteiger partial charge in [0, 0.05) is 0 Å². The highest BCUT2D eigenvalue weighted by Gasteiger charge is 2.26. The van der Waals surface area contributed by atoms with Gasteiger partial charge in [0.25, 0.3) is 0 Å². The molecule has 27 heavy (non-hydrogen) atoms. The molecule has 1 aromatic rings. The van der Waals surface area contributed by atoms with Gasteiger partial charge >= 0.3 is 19.0 Å². The van der Waals surface area contributed by atoms with Crippen LogP contribution in [0.15, 0.2) is 24.3 Å². The second-order valence-corrected chi connectivity index (χ2v) is 7.33. The van der Waals surface area contributed by atoms with Gasteiger partial charge in [-0.1, -0.05) is 44.0 Å². The van der Waals surface area contributed by atoms with Crippen LogP contribution in [0.25, 0.3) is 0 Å². The molecular formula is C19H32BNO6. The largest absolute Gasteiger partial charge is 0.579 e. The van der Waals surface area contributed by atoms with Crippen LogP contribution in [-0.2, 0) is 22.4 Å². The van der Waals surface area contributed by atoms with E-state index in [9.17, 15) is 9.59 Å². The van der Waals surface area contributed by atoms with E-state index in [0.717, 1.165) is 12.0 Å². The van der Waals surface area contributed by atoms with Crippen LogP contribution in [0, 0.1) is 0 Å². The number of carbonyl (C=O) groups is 2. The summed E-state index contributed by atoms with van der Waals surface area (Å²) in [5.41, 5.74) is 7.12. The first-order chi connectivity index (χ1) is 12.5. The van der Waals surface area contributed by atoms with Crippen molar-refractivity contribution in [3.8, 4) is 0 Å². The topological polar surface area (TPSA) is 130 Å². The number of carboxylic acid groups (broad SMARTS) is 1. The maximum absolute atomic E-state index is 10.6. The fourth-order valence-corrected chi connectivity index (χ4v) is 2.12. The minimum atomic E-state index is -2.03. The smallest absolute Gasteiger partial charge is 0.480 e. The molecular weight excluding hydrogens is 349 g/mol. The van der Waals surface area contributed by atoms with Gasteiger partial charge in [0.2, 0.25) is 0 Å². The number of carbonyl (C=O) groups excluding carboxylic acids is 1. The minimum Gasteiger partial charge on any atom is -0.480 e. The van der Waals surface area contributed by atoms with E-state index < -0.39 is 30.6 Å². The normalized spacial score (nSPS) is 11.8. The Bertz CT molecular complexity index is 569. The maximum Gasteiger partial charge on any atom is 0.579 e. The lowest BCUT2D eigenvalue weighted by Crippen LogP contribution is -2.33. The Labute approximate surface area is 161 Å². The lowest BCUT2D eigenvalue weighted by Gasteiger charge is -2.18. The average Bonchev–Trinajstić information content (AvgIpc) is 2.55. The van der Waals surface area contributed by atoms with Crippen molar-refractivity contribution in [2.45, 2.75) is 71.4 Å². The predicted octanol–water partition coefficient (Wildman–Crippen LogP) is 2.35. The summed E-state index contributed by atoms with van der Waals surface area (Å²) in [5, 5.41) is 25.2. The lowest BCUT2D eigenvalue weighted by molar-refractivity contribution is -0.138. The van der Waals surface area contributed by atoms with E-state index in [2.05, 4.69) is 23.8 Å². The van der Waals surface area contributed by atoms with Gasteiger partial charge < -0.3 is 25.6 Å². The monoisotopic (exact) mass is 381 g/mol. The Morgan fingerprint density at radius 2 is 1.63 bits per heavy atom. The van der Waals surface area contributed by atoms with E-state index in [1.54, 1.807) is 20.8 Å². The first-order valence-electron chi connectivity index (χ1n) is 9.11. The van der Waals surface area contributed by atoms with Crippen LogP contribution in [-0.4, -0.2) is 45.8 Å². The Morgan fingerprint density at radius 1 is 1.11 bits per heavy atom. The van der Waals surface area contributed by atoms with Crippen molar-refractivity contribution >= 4 is 19.0 Å². The predicted molar refractivity (Wildman–Crippen MR) is 105 cm³/mol. The molecule has 7 nitrogen and oxygen atoms in total. The highest BCUT2D eigenvalue weighted by atomic mass is 16.6. The highest BCUT2D eigenvalue weighted by Crippen LogP contribution is 2.10. The molecule has 0 amide bonds. The second kappa shape index (κ2) is 12.5. The van der Waals surface area contributed by atoms with E-state index >= 15 is 0 Å². The molecule has 0 heterocycles. The molecule has 8 heteroatoms. The summed E-state index contributed by atoms with van der Waals surface area (Å²) in [6, 6.07) is 7.29. The van der Waals surface area contributed by atoms with Crippen LogP contribution in [0.1, 0.15) is 58.1 Å². The van der Waals surface area contributed by atoms with Gasteiger partial charge in [-0.15, -0.1) is 0 Å². The number of unbranched alkanes of at least 4 members (excludes halogenated alkanes) is 2. The van der Waals surface area contributed by atoms with Gasteiger partial charge in [-0.05, 0) is 51.2 Å². The van der Waals surface area contributed by atoms with Crippen LogP contribution >= 0.6 is 0 Å². The van der Waals surface area contributed by atoms with E-state index in [0.29, 0.717) is 6.42 Å². The summed E-state index contributed by atoms with van der Waals surface area (Å²) in [4.78, 5) is 21.1.